The zero-order valence-electron chi connectivity index (χ0n) is 16.6. The fraction of sp³-hybridized carbons (Fsp3) is 0.900. The molecule has 0 heterocycles. The second kappa shape index (κ2) is 17.6. The Kier molecular flexibility index (Phi) is 16.7. The van der Waals surface area contributed by atoms with E-state index in [1.165, 1.54) is 51.4 Å². The Balaban J connectivity index is 3.41. The standard InChI is InChI=1S/C20H39NO4/c1-4-6-7-8-9-10-11-12-13-14-16-24-19(22)17-18(3)21-20(23)25-15-5-2/h18H,4-17H2,1-3H3,(H,21,23). The lowest BCUT2D eigenvalue weighted by molar-refractivity contribution is -0.144. The summed E-state index contributed by atoms with van der Waals surface area (Å²) in [5.41, 5.74) is 0. The molecule has 0 aliphatic carbocycles. The van der Waals surface area contributed by atoms with Gasteiger partial charge in [0.15, 0.2) is 0 Å². The first-order valence-electron chi connectivity index (χ1n) is 10.2. The van der Waals surface area contributed by atoms with Crippen molar-refractivity contribution in [3.63, 3.8) is 0 Å². The van der Waals surface area contributed by atoms with Gasteiger partial charge in [-0.1, -0.05) is 71.6 Å². The minimum absolute atomic E-state index is 0.180. The third-order valence-corrected chi connectivity index (χ3v) is 4.04. The number of carbonyl (C=O) groups is 2. The summed E-state index contributed by atoms with van der Waals surface area (Å²) in [4.78, 5) is 23.1. The predicted molar refractivity (Wildman–Crippen MR) is 102 cm³/mol. The number of esters is 1. The van der Waals surface area contributed by atoms with E-state index >= 15 is 0 Å². The van der Waals surface area contributed by atoms with Crippen molar-refractivity contribution >= 4 is 12.1 Å². The van der Waals surface area contributed by atoms with Crippen molar-refractivity contribution in [1.29, 1.82) is 0 Å². The quantitative estimate of drug-likeness (QED) is 0.298. The first-order chi connectivity index (χ1) is 12.1. The van der Waals surface area contributed by atoms with Crippen molar-refractivity contribution in [2.45, 2.75) is 104 Å². The Labute approximate surface area is 154 Å². The van der Waals surface area contributed by atoms with Crippen LogP contribution in [0.4, 0.5) is 4.79 Å². The van der Waals surface area contributed by atoms with Crippen molar-refractivity contribution in [3.05, 3.63) is 0 Å². The van der Waals surface area contributed by atoms with E-state index in [9.17, 15) is 9.59 Å². The summed E-state index contributed by atoms with van der Waals surface area (Å²) in [6.07, 6.45) is 13.1. The Morgan fingerprint density at radius 3 is 1.88 bits per heavy atom. The van der Waals surface area contributed by atoms with Crippen LogP contribution in [-0.2, 0) is 14.3 Å². The molecule has 5 nitrogen and oxygen atoms in total. The third kappa shape index (κ3) is 17.4. The number of nitrogens with one attached hydrogen (secondary N) is 1. The molecule has 0 radical (unpaired) electrons. The minimum atomic E-state index is -0.475. The lowest BCUT2D eigenvalue weighted by Gasteiger charge is -2.13. The van der Waals surface area contributed by atoms with Crippen LogP contribution in [-0.4, -0.2) is 31.3 Å². The molecule has 0 spiro atoms. The molecule has 0 saturated carbocycles. The molecule has 0 bridgehead atoms. The summed E-state index contributed by atoms with van der Waals surface area (Å²) in [7, 11) is 0. The van der Waals surface area contributed by atoms with Gasteiger partial charge in [0.25, 0.3) is 0 Å². The van der Waals surface area contributed by atoms with Crippen molar-refractivity contribution in [1.82, 2.24) is 5.32 Å². The van der Waals surface area contributed by atoms with Crippen LogP contribution < -0.4 is 5.32 Å². The van der Waals surface area contributed by atoms with Gasteiger partial charge in [-0.25, -0.2) is 4.79 Å². The molecule has 0 aromatic heterocycles. The molecular formula is C20H39NO4. The van der Waals surface area contributed by atoms with Gasteiger partial charge in [-0.3, -0.25) is 4.79 Å². The molecule has 5 heteroatoms. The van der Waals surface area contributed by atoms with Gasteiger partial charge in [0, 0.05) is 6.04 Å². The minimum Gasteiger partial charge on any atom is -0.466 e. The number of carbonyl (C=O) groups excluding carboxylic acids is 2. The van der Waals surface area contributed by atoms with E-state index in [1.54, 1.807) is 6.92 Å². The van der Waals surface area contributed by atoms with Crippen molar-refractivity contribution in [2.24, 2.45) is 0 Å². The molecule has 0 aliphatic rings. The maximum atomic E-state index is 11.7. The van der Waals surface area contributed by atoms with Crippen LogP contribution >= 0.6 is 0 Å². The molecule has 0 fully saturated rings. The molecule has 0 rings (SSSR count). The number of hydrogen-bond donors (Lipinski definition) is 1. The highest BCUT2D eigenvalue weighted by Crippen LogP contribution is 2.10. The maximum Gasteiger partial charge on any atom is 0.407 e. The predicted octanol–water partition coefficient (Wildman–Crippen LogP) is 5.37. The van der Waals surface area contributed by atoms with Crippen LogP contribution in [0.25, 0.3) is 0 Å². The molecule has 1 atom stereocenters. The molecular weight excluding hydrogens is 318 g/mol. The molecule has 0 saturated heterocycles. The summed E-state index contributed by atoms with van der Waals surface area (Å²) in [5.74, 6) is -0.265. The van der Waals surface area contributed by atoms with Gasteiger partial charge in [-0.05, 0) is 19.8 Å². The number of amides is 1. The van der Waals surface area contributed by atoms with Gasteiger partial charge in [0.2, 0.25) is 0 Å². The Hall–Kier alpha value is -1.26. The number of unbranched alkanes of at least 4 members (excludes halogenated alkanes) is 9. The van der Waals surface area contributed by atoms with Crippen molar-refractivity contribution < 1.29 is 19.1 Å². The number of ether oxygens (including phenoxy) is 2. The van der Waals surface area contributed by atoms with E-state index in [4.69, 9.17) is 9.47 Å². The van der Waals surface area contributed by atoms with Crippen molar-refractivity contribution in [3.8, 4) is 0 Å². The van der Waals surface area contributed by atoms with Crippen LogP contribution in [0.1, 0.15) is 97.8 Å². The highest BCUT2D eigenvalue weighted by molar-refractivity contribution is 5.72. The molecule has 25 heavy (non-hydrogen) atoms. The van der Waals surface area contributed by atoms with Crippen LogP contribution in [0, 0.1) is 0 Å². The highest BCUT2D eigenvalue weighted by atomic mass is 16.5. The van der Waals surface area contributed by atoms with Gasteiger partial charge in [-0.2, -0.15) is 0 Å². The Bertz CT molecular complexity index is 334. The lowest BCUT2D eigenvalue weighted by Crippen LogP contribution is -2.35. The second-order valence-corrected chi connectivity index (χ2v) is 6.79. The average Bonchev–Trinajstić information content (AvgIpc) is 2.57. The summed E-state index contributed by atoms with van der Waals surface area (Å²) < 4.78 is 10.1. The summed E-state index contributed by atoms with van der Waals surface area (Å²) >= 11 is 0. The second-order valence-electron chi connectivity index (χ2n) is 6.79. The third-order valence-electron chi connectivity index (χ3n) is 4.04. The average molecular weight is 358 g/mol. The van der Waals surface area contributed by atoms with Gasteiger partial charge >= 0.3 is 12.1 Å². The molecule has 1 amide bonds. The topological polar surface area (TPSA) is 64.6 Å². The smallest absolute Gasteiger partial charge is 0.407 e. The summed E-state index contributed by atoms with van der Waals surface area (Å²) in [6, 6.07) is -0.274. The molecule has 0 aromatic rings. The fourth-order valence-corrected chi connectivity index (χ4v) is 2.57. The van der Waals surface area contributed by atoms with Gasteiger partial charge in [0.05, 0.1) is 19.6 Å². The highest BCUT2D eigenvalue weighted by Gasteiger charge is 2.13. The molecule has 1 unspecified atom stereocenters. The number of alkyl carbamates (subject to hydrolysis) is 1. The van der Waals surface area contributed by atoms with E-state index in [0.29, 0.717) is 13.2 Å². The SMILES string of the molecule is CCCCCCCCCCCCOC(=O)CC(C)NC(=O)OCCC. The van der Waals surface area contributed by atoms with E-state index in [2.05, 4.69) is 12.2 Å². The number of rotatable bonds is 16. The first kappa shape index (κ1) is 23.7. The summed E-state index contributed by atoms with van der Waals surface area (Å²) in [5, 5.41) is 2.63. The summed E-state index contributed by atoms with van der Waals surface area (Å²) in [6.45, 7) is 6.81. The van der Waals surface area contributed by atoms with E-state index < -0.39 is 6.09 Å². The maximum absolute atomic E-state index is 11.7. The van der Waals surface area contributed by atoms with Gasteiger partial charge in [0.1, 0.15) is 0 Å². The molecule has 0 aromatic carbocycles. The molecule has 148 valence electrons. The largest absolute Gasteiger partial charge is 0.466 e. The molecule has 1 N–H and O–H groups in total. The van der Waals surface area contributed by atoms with E-state index in [-0.39, 0.29) is 18.4 Å². The zero-order chi connectivity index (χ0) is 18.8. The lowest BCUT2D eigenvalue weighted by atomic mass is 10.1. The zero-order valence-corrected chi connectivity index (χ0v) is 16.6. The monoisotopic (exact) mass is 357 g/mol. The molecule has 0 aliphatic heterocycles. The van der Waals surface area contributed by atoms with Gasteiger partial charge < -0.3 is 14.8 Å². The number of hydrogen-bond acceptors (Lipinski definition) is 4. The Morgan fingerprint density at radius 2 is 1.32 bits per heavy atom. The van der Waals surface area contributed by atoms with E-state index in [1.807, 2.05) is 6.92 Å². The van der Waals surface area contributed by atoms with Crippen molar-refractivity contribution in [2.75, 3.05) is 13.2 Å². The Morgan fingerprint density at radius 1 is 0.760 bits per heavy atom. The van der Waals surface area contributed by atoms with Crippen LogP contribution in [0.5, 0.6) is 0 Å². The van der Waals surface area contributed by atoms with Gasteiger partial charge in [-0.15, -0.1) is 0 Å². The van der Waals surface area contributed by atoms with E-state index in [0.717, 1.165) is 19.3 Å². The van der Waals surface area contributed by atoms with Crippen LogP contribution in [0.2, 0.25) is 0 Å². The normalized spacial score (nSPS) is 11.8. The van der Waals surface area contributed by atoms with Crippen LogP contribution in [0.3, 0.4) is 0 Å². The van der Waals surface area contributed by atoms with Crippen LogP contribution in [0.15, 0.2) is 0 Å². The first-order valence-corrected chi connectivity index (χ1v) is 10.2. The fourth-order valence-electron chi connectivity index (χ4n) is 2.57.